The van der Waals surface area contributed by atoms with Crippen molar-refractivity contribution in [2.75, 3.05) is 20.8 Å². The Hall–Kier alpha value is -4.93. The average Bonchev–Trinajstić information content (AvgIpc) is 3.09. The van der Waals surface area contributed by atoms with E-state index in [2.05, 4.69) is 19.7 Å². The number of rotatable bonds is 12. The van der Waals surface area contributed by atoms with E-state index in [9.17, 15) is 36.7 Å². The number of aromatic nitrogens is 4. The van der Waals surface area contributed by atoms with Crippen LogP contribution in [0, 0.1) is 0 Å². The molecule has 4 aromatic rings. The van der Waals surface area contributed by atoms with E-state index in [0.29, 0.717) is 30.8 Å². The lowest BCUT2D eigenvalue weighted by Gasteiger charge is -2.11. The molecule has 272 valence electrons. The van der Waals surface area contributed by atoms with Gasteiger partial charge in [-0.25, -0.2) is 14.2 Å². The summed E-state index contributed by atoms with van der Waals surface area (Å²) in [7, 11) is 3.15. The first kappa shape index (κ1) is 41.2. The van der Waals surface area contributed by atoms with Crippen LogP contribution in [0.15, 0.2) is 75.0 Å². The second kappa shape index (κ2) is 19.9. The van der Waals surface area contributed by atoms with E-state index in [-0.39, 0.29) is 13.2 Å². The lowest BCUT2D eigenvalue weighted by atomic mass is 10.2. The Labute approximate surface area is 292 Å². The molecule has 1 N–H and O–H groups in total. The van der Waals surface area contributed by atoms with E-state index in [1.165, 1.54) is 23.7 Å². The van der Waals surface area contributed by atoms with E-state index in [1.54, 1.807) is 38.5 Å². The highest BCUT2D eigenvalue weighted by Crippen LogP contribution is 2.22. The molecule has 0 aliphatic carbocycles. The molecule has 0 unspecified atom stereocenters. The topological polar surface area (TPSA) is 144 Å². The van der Waals surface area contributed by atoms with Gasteiger partial charge in [0.05, 0.1) is 39.6 Å². The van der Waals surface area contributed by atoms with E-state index in [1.807, 2.05) is 54.0 Å². The van der Waals surface area contributed by atoms with Crippen LogP contribution in [-0.4, -0.2) is 57.8 Å². The third-order valence-electron chi connectivity index (χ3n) is 6.49. The monoisotopic (exact) mass is 772 g/mol. The number of nitrogens with one attached hydrogen (secondary N) is 1. The molecule has 2 heterocycles. The number of alkyl halides is 5. The number of benzene rings is 2. The molecule has 0 atom stereocenters. The van der Waals surface area contributed by atoms with E-state index in [4.69, 9.17) is 9.47 Å². The zero-order valence-electron chi connectivity index (χ0n) is 27.9. The van der Waals surface area contributed by atoms with Crippen molar-refractivity contribution in [1.29, 1.82) is 0 Å². The van der Waals surface area contributed by atoms with Gasteiger partial charge in [0.2, 0.25) is 5.43 Å². The van der Waals surface area contributed by atoms with Crippen molar-refractivity contribution in [3.63, 3.8) is 0 Å². The maximum Gasteiger partial charge on any atom is 0.395 e. The van der Waals surface area contributed by atoms with Crippen LogP contribution in [0.2, 0.25) is 0 Å². The molecule has 0 bridgehead atoms. The molecule has 17 heteroatoms. The summed E-state index contributed by atoms with van der Waals surface area (Å²) < 4.78 is 69.1. The van der Waals surface area contributed by atoms with Gasteiger partial charge in [-0.15, -0.1) is 0 Å². The lowest BCUT2D eigenvalue weighted by Crippen LogP contribution is -2.36. The second-order valence-electron chi connectivity index (χ2n) is 10.00. The van der Waals surface area contributed by atoms with Crippen molar-refractivity contribution in [2.24, 2.45) is 0 Å². The molecule has 0 spiro atoms. The van der Waals surface area contributed by atoms with Crippen molar-refractivity contribution < 1.29 is 41.3 Å². The number of H-pyrrole nitrogens is 1. The normalized spacial score (nSPS) is 10.7. The predicted molar refractivity (Wildman–Crippen MR) is 180 cm³/mol. The largest absolute Gasteiger partial charge is 0.497 e. The molecular weight excluding hydrogens is 736 g/mol. The van der Waals surface area contributed by atoms with Crippen LogP contribution in [0.1, 0.15) is 43.3 Å². The van der Waals surface area contributed by atoms with Crippen molar-refractivity contribution in [3.8, 4) is 17.2 Å². The summed E-state index contributed by atoms with van der Waals surface area (Å²) in [6.07, 6.45) is 1.18. The van der Waals surface area contributed by atoms with Gasteiger partial charge >= 0.3 is 28.5 Å². The first-order chi connectivity index (χ1) is 23.6. The number of hydrogen-bond donors (Lipinski definition) is 1. The van der Waals surface area contributed by atoms with Crippen LogP contribution in [0.4, 0.5) is 17.6 Å². The van der Waals surface area contributed by atoms with Gasteiger partial charge in [0, 0.05) is 33.8 Å². The van der Waals surface area contributed by atoms with E-state index < -0.39 is 39.7 Å². The Morgan fingerprint density at radius 3 is 1.82 bits per heavy atom. The number of carbonyl (C=O) groups excluding carboxylic acids is 1. The number of nitrogens with zero attached hydrogens (tertiary/aromatic N) is 3. The lowest BCUT2D eigenvalue weighted by molar-refractivity contribution is -0.158. The molecule has 0 saturated heterocycles. The minimum Gasteiger partial charge on any atom is -0.497 e. The quantitative estimate of drug-likeness (QED) is 0.0895. The van der Waals surface area contributed by atoms with Gasteiger partial charge in [0.25, 0.3) is 0 Å². The van der Waals surface area contributed by atoms with Crippen LogP contribution in [0.25, 0.3) is 0 Å². The Bertz CT molecular complexity index is 1840. The second-order valence-corrected chi connectivity index (χ2v) is 11.0. The molecule has 0 aliphatic heterocycles. The molecular formula is C33H37BrF4N4O8. The van der Waals surface area contributed by atoms with Gasteiger partial charge in [-0.05, 0) is 55.2 Å². The van der Waals surface area contributed by atoms with Crippen LogP contribution < -0.4 is 30.8 Å². The van der Waals surface area contributed by atoms with Gasteiger partial charge in [-0.2, -0.15) is 22.7 Å². The van der Waals surface area contributed by atoms with Crippen molar-refractivity contribution in [1.82, 2.24) is 19.6 Å². The van der Waals surface area contributed by atoms with Crippen LogP contribution in [0.3, 0.4) is 0 Å². The van der Waals surface area contributed by atoms with Gasteiger partial charge in [0.15, 0.2) is 5.75 Å². The zero-order chi connectivity index (χ0) is 37.4. The Kier molecular flexibility index (Phi) is 16.4. The number of esters is 1. The van der Waals surface area contributed by atoms with Crippen LogP contribution in [-0.2, 0) is 35.5 Å². The van der Waals surface area contributed by atoms with Gasteiger partial charge in [-0.3, -0.25) is 19.5 Å². The molecule has 0 saturated carbocycles. The number of halogens is 5. The van der Waals surface area contributed by atoms with Crippen LogP contribution in [0.5, 0.6) is 17.2 Å². The first-order valence-corrected chi connectivity index (χ1v) is 15.8. The number of methoxy groups -OCH3 is 2. The SMILES string of the molecule is CCOC(=O)C(F)(F)Br.CCc1cc(=O)c(=O)n(Cc2ccc(OC)cc2)[nH]1.CCc1cc(OC(F)F)c(=O)n(Cc2ccc(OC)cc2)n1. The fourth-order valence-electron chi connectivity index (χ4n) is 3.96. The van der Waals surface area contributed by atoms with Crippen molar-refractivity contribution in [2.45, 2.75) is 58.1 Å². The maximum absolute atomic E-state index is 12.4. The van der Waals surface area contributed by atoms with Gasteiger partial charge in [-0.1, -0.05) is 38.1 Å². The third kappa shape index (κ3) is 13.2. The van der Waals surface area contributed by atoms with Crippen molar-refractivity contribution in [3.05, 3.63) is 114 Å². The first-order valence-electron chi connectivity index (χ1n) is 15.0. The summed E-state index contributed by atoms with van der Waals surface area (Å²) in [6.45, 7) is 2.61. The molecule has 4 rings (SSSR count). The highest BCUT2D eigenvalue weighted by molar-refractivity contribution is 9.10. The standard InChI is InChI=1S/C15H16F2N2O3.C14H16N2O3.C4H5BrF2O2/c1-3-11-8-13(22-15(16)17)14(20)19(18-11)9-10-4-6-12(21-2)7-5-10;1-3-11-8-13(17)14(18)16(15-11)9-10-4-6-12(19-2)7-5-10;1-2-9-3(8)4(5,6)7/h4-8,15H,3,9H2,1-2H3;4-8,15H,3,9H2,1-2H3;2H2,1H3. The Morgan fingerprint density at radius 1 is 0.860 bits per heavy atom. The number of aromatic amines is 1. The van der Waals surface area contributed by atoms with E-state index >= 15 is 0 Å². The molecule has 0 aliphatic rings. The highest BCUT2D eigenvalue weighted by Gasteiger charge is 2.36. The van der Waals surface area contributed by atoms with Crippen molar-refractivity contribution >= 4 is 21.9 Å². The minimum atomic E-state index is -3.54. The molecule has 0 fully saturated rings. The number of ether oxygens (including phenoxy) is 4. The summed E-state index contributed by atoms with van der Waals surface area (Å²) in [5, 5.41) is 7.10. The minimum absolute atomic E-state index is 0.0416. The average molecular weight is 774 g/mol. The van der Waals surface area contributed by atoms with Gasteiger partial charge in [0.1, 0.15) is 11.5 Å². The summed E-state index contributed by atoms with van der Waals surface area (Å²) >= 11 is 1.84. The molecule has 12 nitrogen and oxygen atoms in total. The summed E-state index contributed by atoms with van der Waals surface area (Å²) in [6, 6.07) is 17.0. The highest BCUT2D eigenvalue weighted by atomic mass is 79.9. The number of carbonyl (C=O) groups is 1. The molecule has 50 heavy (non-hydrogen) atoms. The van der Waals surface area contributed by atoms with E-state index in [0.717, 1.165) is 27.3 Å². The Balaban J connectivity index is 0.000000282. The number of hydrogen-bond acceptors (Lipinski definition) is 9. The van der Waals surface area contributed by atoms with Gasteiger partial charge < -0.3 is 18.9 Å². The molecule has 0 radical (unpaired) electrons. The molecule has 2 aromatic carbocycles. The fraction of sp³-hybridized carbons (Fsp3) is 0.364. The predicted octanol–water partition coefficient (Wildman–Crippen LogP) is 5.16. The summed E-state index contributed by atoms with van der Waals surface area (Å²) in [5.41, 5.74) is 1.27. The zero-order valence-corrected chi connectivity index (χ0v) is 29.5. The Morgan fingerprint density at radius 2 is 1.40 bits per heavy atom. The van der Waals surface area contributed by atoms with Crippen LogP contribution >= 0.6 is 15.9 Å². The smallest absolute Gasteiger partial charge is 0.395 e. The summed E-state index contributed by atoms with van der Waals surface area (Å²) in [5.74, 6) is -0.500. The summed E-state index contributed by atoms with van der Waals surface area (Å²) in [4.78, 5) is 41.9. The third-order valence-corrected chi connectivity index (χ3v) is 6.81. The number of aryl methyl sites for hydroxylation is 2. The maximum atomic E-state index is 12.4. The molecule has 0 amide bonds. The molecule has 2 aromatic heterocycles. The fourth-order valence-corrected chi connectivity index (χ4v) is 4.08.